The van der Waals surface area contributed by atoms with Crippen LogP contribution in [0.25, 0.3) is 11.1 Å². The van der Waals surface area contributed by atoms with Gasteiger partial charge in [0.15, 0.2) is 0 Å². The van der Waals surface area contributed by atoms with Gasteiger partial charge in [-0.25, -0.2) is 9.78 Å². The maximum Gasteiger partial charge on any atom is 0.338 e. The summed E-state index contributed by atoms with van der Waals surface area (Å²) in [5, 5.41) is 9.02. The van der Waals surface area contributed by atoms with E-state index in [0.717, 1.165) is 16.0 Å². The molecular weight excluding hydrogens is 270 g/mol. The summed E-state index contributed by atoms with van der Waals surface area (Å²) in [5.41, 5.74) is 1.69. The summed E-state index contributed by atoms with van der Waals surface area (Å²) in [5.74, 6) is -1.07. The first-order valence-electron chi connectivity index (χ1n) is 5.15. The molecule has 1 heterocycles. The lowest BCUT2D eigenvalue weighted by Gasteiger charge is -2.05. The number of benzene rings is 1. The average molecular weight is 280 g/mol. The molecule has 0 fully saturated rings. The minimum atomic E-state index is -1.07. The van der Waals surface area contributed by atoms with Gasteiger partial charge in [-0.2, -0.15) is 0 Å². The smallest absolute Gasteiger partial charge is 0.338 e. The number of rotatable bonds is 3. The van der Waals surface area contributed by atoms with Crippen molar-refractivity contribution in [3.8, 4) is 11.1 Å². The zero-order valence-corrected chi connectivity index (χ0v) is 11.1. The minimum absolute atomic E-state index is 0.00673. The lowest BCUT2D eigenvalue weighted by molar-refractivity contribution is 0.0696. The van der Waals surface area contributed by atoms with E-state index in [0.29, 0.717) is 0 Å². The van der Waals surface area contributed by atoms with E-state index in [-0.39, 0.29) is 10.7 Å². The van der Waals surface area contributed by atoms with Crippen molar-refractivity contribution in [2.75, 3.05) is 6.26 Å². The normalized spacial score (nSPS) is 10.3. The fraction of sp³-hybridized carbons (Fsp3) is 0.0769. The lowest BCUT2D eigenvalue weighted by atomic mass is 10.1. The van der Waals surface area contributed by atoms with Gasteiger partial charge in [0, 0.05) is 16.7 Å². The van der Waals surface area contributed by atoms with Gasteiger partial charge in [-0.05, 0) is 30.0 Å². The summed E-state index contributed by atoms with van der Waals surface area (Å²) >= 11 is 7.37. The molecule has 0 aliphatic carbocycles. The number of hydrogen-bond acceptors (Lipinski definition) is 3. The van der Waals surface area contributed by atoms with Gasteiger partial charge < -0.3 is 5.11 Å². The minimum Gasteiger partial charge on any atom is -0.478 e. The summed E-state index contributed by atoms with van der Waals surface area (Å²) in [4.78, 5) is 16.0. The molecule has 0 aliphatic rings. The molecule has 2 aromatic rings. The zero-order valence-electron chi connectivity index (χ0n) is 9.55. The Balaban J connectivity index is 2.50. The van der Waals surface area contributed by atoms with E-state index >= 15 is 0 Å². The highest BCUT2D eigenvalue weighted by atomic mass is 35.5. The molecule has 18 heavy (non-hydrogen) atoms. The van der Waals surface area contributed by atoms with Crippen molar-refractivity contribution >= 4 is 29.3 Å². The van der Waals surface area contributed by atoms with Gasteiger partial charge in [-0.15, -0.1) is 11.8 Å². The summed E-state index contributed by atoms with van der Waals surface area (Å²) in [6, 6.07) is 9.36. The Kier molecular flexibility index (Phi) is 3.89. The van der Waals surface area contributed by atoms with Crippen LogP contribution in [-0.4, -0.2) is 22.3 Å². The van der Waals surface area contributed by atoms with Gasteiger partial charge in [0.2, 0.25) is 0 Å². The standard InChI is InChI=1S/C13H10ClNO2S/c1-18-10-4-2-3-8(5-10)9-6-11(13(16)17)12(14)15-7-9/h2-7H,1H3,(H,16,17). The first-order valence-corrected chi connectivity index (χ1v) is 6.75. The fourth-order valence-electron chi connectivity index (χ4n) is 1.56. The largest absolute Gasteiger partial charge is 0.478 e. The van der Waals surface area contributed by atoms with Crippen LogP contribution in [-0.2, 0) is 0 Å². The fourth-order valence-corrected chi connectivity index (χ4v) is 2.20. The average Bonchev–Trinajstić information content (AvgIpc) is 2.39. The van der Waals surface area contributed by atoms with Crippen molar-refractivity contribution in [3.63, 3.8) is 0 Å². The molecule has 0 amide bonds. The summed E-state index contributed by atoms with van der Waals surface area (Å²) in [6.07, 6.45) is 3.57. The van der Waals surface area contributed by atoms with Crippen molar-refractivity contribution in [2.24, 2.45) is 0 Å². The molecule has 0 unspecified atom stereocenters. The van der Waals surface area contributed by atoms with E-state index < -0.39 is 5.97 Å². The monoisotopic (exact) mass is 279 g/mol. The van der Waals surface area contributed by atoms with E-state index in [2.05, 4.69) is 4.98 Å². The molecule has 1 aromatic heterocycles. The number of aromatic carboxylic acids is 1. The Morgan fingerprint density at radius 1 is 1.33 bits per heavy atom. The number of halogens is 1. The molecular formula is C13H10ClNO2S. The van der Waals surface area contributed by atoms with E-state index in [4.69, 9.17) is 16.7 Å². The van der Waals surface area contributed by atoms with E-state index in [9.17, 15) is 4.79 Å². The number of carboxylic acid groups (broad SMARTS) is 1. The predicted octanol–water partition coefficient (Wildman–Crippen LogP) is 3.82. The molecule has 5 heteroatoms. The molecule has 0 spiro atoms. The molecule has 0 atom stereocenters. The van der Waals surface area contributed by atoms with Gasteiger partial charge >= 0.3 is 5.97 Å². The number of carboxylic acids is 1. The first kappa shape index (κ1) is 12.9. The lowest BCUT2D eigenvalue weighted by Crippen LogP contribution is -1.99. The first-order chi connectivity index (χ1) is 8.61. The van der Waals surface area contributed by atoms with Gasteiger partial charge in [0.1, 0.15) is 5.15 Å². The Hall–Kier alpha value is -1.52. The molecule has 92 valence electrons. The third kappa shape index (κ3) is 2.66. The quantitative estimate of drug-likeness (QED) is 0.685. The van der Waals surface area contributed by atoms with Crippen LogP contribution in [0.2, 0.25) is 5.15 Å². The molecule has 0 saturated heterocycles. The zero-order chi connectivity index (χ0) is 13.1. The van der Waals surface area contributed by atoms with Crippen molar-refractivity contribution in [3.05, 3.63) is 47.2 Å². The Labute approximate surface area is 114 Å². The maximum atomic E-state index is 11.0. The van der Waals surface area contributed by atoms with Crippen molar-refractivity contribution in [1.29, 1.82) is 0 Å². The van der Waals surface area contributed by atoms with Crippen LogP contribution in [0, 0.1) is 0 Å². The molecule has 0 bridgehead atoms. The summed E-state index contributed by atoms with van der Waals surface area (Å²) < 4.78 is 0. The SMILES string of the molecule is CSc1cccc(-c2cnc(Cl)c(C(=O)O)c2)c1. The Bertz CT molecular complexity index is 601. The number of pyridine rings is 1. The van der Waals surface area contributed by atoms with Crippen molar-refractivity contribution in [1.82, 2.24) is 4.98 Å². The Morgan fingerprint density at radius 2 is 2.11 bits per heavy atom. The Morgan fingerprint density at radius 3 is 2.78 bits per heavy atom. The van der Waals surface area contributed by atoms with Crippen LogP contribution in [0.1, 0.15) is 10.4 Å². The molecule has 0 radical (unpaired) electrons. The number of hydrogen-bond donors (Lipinski definition) is 1. The number of nitrogens with zero attached hydrogens (tertiary/aromatic N) is 1. The van der Waals surface area contributed by atoms with E-state index in [1.54, 1.807) is 18.0 Å². The summed E-state index contributed by atoms with van der Waals surface area (Å²) in [7, 11) is 0. The van der Waals surface area contributed by atoms with Crippen molar-refractivity contribution in [2.45, 2.75) is 4.90 Å². The van der Waals surface area contributed by atoms with Gasteiger partial charge in [0.05, 0.1) is 5.56 Å². The van der Waals surface area contributed by atoms with E-state index in [1.807, 2.05) is 30.5 Å². The van der Waals surface area contributed by atoms with Crippen LogP contribution in [0.5, 0.6) is 0 Å². The highest BCUT2D eigenvalue weighted by Crippen LogP contribution is 2.26. The molecule has 1 aromatic carbocycles. The van der Waals surface area contributed by atoms with Crippen LogP contribution in [0.3, 0.4) is 0 Å². The maximum absolute atomic E-state index is 11.0. The van der Waals surface area contributed by atoms with Crippen LogP contribution < -0.4 is 0 Å². The molecule has 1 N–H and O–H groups in total. The van der Waals surface area contributed by atoms with E-state index in [1.165, 1.54) is 6.07 Å². The third-order valence-electron chi connectivity index (χ3n) is 2.47. The molecule has 0 aliphatic heterocycles. The van der Waals surface area contributed by atoms with Crippen molar-refractivity contribution < 1.29 is 9.90 Å². The van der Waals surface area contributed by atoms with Gasteiger partial charge in [0.25, 0.3) is 0 Å². The van der Waals surface area contributed by atoms with Gasteiger partial charge in [-0.1, -0.05) is 23.7 Å². The molecule has 3 nitrogen and oxygen atoms in total. The van der Waals surface area contributed by atoms with Crippen LogP contribution in [0.4, 0.5) is 0 Å². The van der Waals surface area contributed by atoms with Crippen LogP contribution >= 0.6 is 23.4 Å². The van der Waals surface area contributed by atoms with Gasteiger partial charge in [-0.3, -0.25) is 0 Å². The molecule has 0 saturated carbocycles. The second kappa shape index (κ2) is 5.42. The second-order valence-corrected chi connectivity index (χ2v) is 4.84. The number of thioether (sulfide) groups is 1. The predicted molar refractivity (Wildman–Crippen MR) is 73.4 cm³/mol. The number of aromatic nitrogens is 1. The topological polar surface area (TPSA) is 50.2 Å². The molecule has 2 rings (SSSR count). The highest BCUT2D eigenvalue weighted by molar-refractivity contribution is 7.98. The van der Waals surface area contributed by atoms with Crippen LogP contribution in [0.15, 0.2) is 41.4 Å². The summed E-state index contributed by atoms with van der Waals surface area (Å²) in [6.45, 7) is 0. The number of carbonyl (C=O) groups is 1. The third-order valence-corrected chi connectivity index (χ3v) is 3.50. The second-order valence-electron chi connectivity index (χ2n) is 3.60. The highest BCUT2D eigenvalue weighted by Gasteiger charge is 2.11.